The lowest BCUT2D eigenvalue weighted by Crippen LogP contribution is -2.38. The van der Waals surface area contributed by atoms with Gasteiger partial charge in [-0.1, -0.05) is 26.8 Å². The molecule has 7 heteroatoms. The fourth-order valence-electron chi connectivity index (χ4n) is 3.22. The van der Waals surface area contributed by atoms with Crippen LogP contribution >= 0.6 is 0 Å². The van der Waals surface area contributed by atoms with Crippen molar-refractivity contribution in [2.45, 2.75) is 45.4 Å². The van der Waals surface area contributed by atoms with Gasteiger partial charge in [0.05, 0.1) is 11.4 Å². The molecule has 0 aromatic heterocycles. The summed E-state index contributed by atoms with van der Waals surface area (Å²) in [6, 6.07) is 4.92. The van der Waals surface area contributed by atoms with Crippen LogP contribution in [0, 0.1) is 12.8 Å². The minimum Gasteiger partial charge on any atom is -0.325 e. The van der Waals surface area contributed by atoms with Gasteiger partial charge in [0, 0.05) is 18.8 Å². The van der Waals surface area contributed by atoms with E-state index in [0.717, 1.165) is 37.4 Å². The normalized spacial score (nSPS) is 16.8. The number of anilines is 1. The fraction of sp³-hybridized carbons (Fsp3) is 0.632. The van der Waals surface area contributed by atoms with Gasteiger partial charge in [0.1, 0.15) is 0 Å². The molecule has 146 valence electrons. The van der Waals surface area contributed by atoms with E-state index >= 15 is 0 Å². The molecule has 1 fully saturated rings. The van der Waals surface area contributed by atoms with E-state index in [0.29, 0.717) is 25.3 Å². The number of nitrogens with one attached hydrogen (secondary N) is 1. The van der Waals surface area contributed by atoms with Crippen molar-refractivity contribution in [3.63, 3.8) is 0 Å². The molecule has 1 saturated heterocycles. The molecule has 0 bridgehead atoms. The first-order valence-corrected chi connectivity index (χ1v) is 10.8. The lowest BCUT2D eigenvalue weighted by molar-refractivity contribution is -0.117. The quantitative estimate of drug-likeness (QED) is 0.788. The molecule has 1 heterocycles. The molecule has 0 atom stereocenters. The SMILES string of the molecule is CCN(CC)S(=O)(=O)c1ccc(C)c(NC(=O)CN2CCC(C)CC2)c1. The second-order valence-electron chi connectivity index (χ2n) is 7.07. The third kappa shape index (κ3) is 5.05. The Kier molecular flexibility index (Phi) is 7.20. The summed E-state index contributed by atoms with van der Waals surface area (Å²) in [6.45, 7) is 10.8. The molecular formula is C19H31N3O3S. The summed E-state index contributed by atoms with van der Waals surface area (Å²) in [7, 11) is -3.54. The summed E-state index contributed by atoms with van der Waals surface area (Å²) in [4.78, 5) is 14.8. The van der Waals surface area contributed by atoms with Gasteiger partial charge in [0.15, 0.2) is 0 Å². The Morgan fingerprint density at radius 3 is 2.42 bits per heavy atom. The standard InChI is InChI=1S/C19H31N3O3S/c1-5-22(6-2)26(24,25)17-8-7-16(4)18(13-17)20-19(23)14-21-11-9-15(3)10-12-21/h7-8,13,15H,5-6,9-12,14H2,1-4H3,(H,20,23). The zero-order valence-electron chi connectivity index (χ0n) is 16.3. The van der Waals surface area contributed by atoms with E-state index in [1.807, 2.05) is 20.8 Å². The van der Waals surface area contributed by atoms with Crippen LogP contribution in [-0.2, 0) is 14.8 Å². The maximum absolute atomic E-state index is 12.7. The number of carbonyl (C=O) groups is 1. The Bertz CT molecular complexity index is 722. The highest BCUT2D eigenvalue weighted by Crippen LogP contribution is 2.23. The molecule has 1 N–H and O–H groups in total. The number of amides is 1. The first-order valence-electron chi connectivity index (χ1n) is 9.40. The van der Waals surface area contributed by atoms with E-state index in [1.54, 1.807) is 18.2 Å². The van der Waals surface area contributed by atoms with Crippen LogP contribution in [0.2, 0.25) is 0 Å². The average molecular weight is 382 g/mol. The molecule has 1 aliphatic heterocycles. The Balaban J connectivity index is 2.11. The van der Waals surface area contributed by atoms with Gasteiger partial charge in [0.25, 0.3) is 0 Å². The molecule has 6 nitrogen and oxygen atoms in total. The van der Waals surface area contributed by atoms with Crippen LogP contribution in [0.3, 0.4) is 0 Å². The first kappa shape index (κ1) is 20.9. The summed E-state index contributed by atoms with van der Waals surface area (Å²) in [6.07, 6.45) is 2.23. The van der Waals surface area contributed by atoms with Crippen molar-refractivity contribution in [3.8, 4) is 0 Å². The zero-order valence-corrected chi connectivity index (χ0v) is 17.1. The molecule has 0 aliphatic carbocycles. The summed E-state index contributed by atoms with van der Waals surface area (Å²) in [5.74, 6) is 0.624. The van der Waals surface area contributed by atoms with Crippen molar-refractivity contribution in [2.75, 3.05) is 38.0 Å². The van der Waals surface area contributed by atoms with Gasteiger partial charge in [-0.15, -0.1) is 0 Å². The van der Waals surface area contributed by atoms with Gasteiger partial charge < -0.3 is 5.32 Å². The predicted molar refractivity (Wildman–Crippen MR) is 105 cm³/mol. The smallest absolute Gasteiger partial charge is 0.243 e. The second-order valence-corrected chi connectivity index (χ2v) is 9.01. The Labute approximate surface area is 157 Å². The van der Waals surface area contributed by atoms with E-state index in [9.17, 15) is 13.2 Å². The number of aryl methyl sites for hydroxylation is 1. The number of sulfonamides is 1. The number of carbonyl (C=O) groups excluding carboxylic acids is 1. The van der Waals surface area contributed by atoms with E-state index in [-0.39, 0.29) is 10.8 Å². The van der Waals surface area contributed by atoms with Crippen molar-refractivity contribution in [3.05, 3.63) is 23.8 Å². The van der Waals surface area contributed by atoms with E-state index < -0.39 is 10.0 Å². The monoisotopic (exact) mass is 381 g/mol. The molecule has 2 rings (SSSR count). The largest absolute Gasteiger partial charge is 0.325 e. The molecule has 0 saturated carbocycles. The van der Waals surface area contributed by atoms with Crippen molar-refractivity contribution in [2.24, 2.45) is 5.92 Å². The highest BCUT2D eigenvalue weighted by molar-refractivity contribution is 7.89. The van der Waals surface area contributed by atoms with Gasteiger partial charge in [-0.05, 0) is 56.5 Å². The predicted octanol–water partition coefficient (Wildman–Crippen LogP) is 2.70. The summed E-state index contributed by atoms with van der Waals surface area (Å²) >= 11 is 0. The number of likely N-dealkylation sites (tertiary alicyclic amines) is 1. The third-order valence-electron chi connectivity index (χ3n) is 5.07. The fourth-order valence-corrected chi connectivity index (χ4v) is 4.71. The number of hydrogen-bond donors (Lipinski definition) is 1. The van der Waals surface area contributed by atoms with Crippen molar-refractivity contribution >= 4 is 21.6 Å². The van der Waals surface area contributed by atoms with Gasteiger partial charge in [-0.2, -0.15) is 4.31 Å². The summed E-state index contributed by atoms with van der Waals surface area (Å²) < 4.78 is 26.8. The molecule has 1 aromatic carbocycles. The Morgan fingerprint density at radius 1 is 1.23 bits per heavy atom. The van der Waals surface area contributed by atoms with Gasteiger partial charge in [-0.25, -0.2) is 8.42 Å². The molecule has 1 amide bonds. The van der Waals surface area contributed by atoms with Crippen LogP contribution in [-0.4, -0.2) is 56.3 Å². The number of piperidine rings is 1. The molecule has 0 spiro atoms. The lowest BCUT2D eigenvalue weighted by atomic mass is 9.99. The van der Waals surface area contributed by atoms with E-state index in [1.165, 1.54) is 4.31 Å². The molecule has 0 radical (unpaired) electrons. The van der Waals surface area contributed by atoms with Crippen LogP contribution in [0.5, 0.6) is 0 Å². The average Bonchev–Trinajstić information content (AvgIpc) is 2.59. The molecule has 0 unspecified atom stereocenters. The Hall–Kier alpha value is -1.44. The highest BCUT2D eigenvalue weighted by Gasteiger charge is 2.23. The maximum Gasteiger partial charge on any atom is 0.243 e. The highest BCUT2D eigenvalue weighted by atomic mass is 32.2. The topological polar surface area (TPSA) is 69.7 Å². The van der Waals surface area contributed by atoms with Crippen molar-refractivity contribution < 1.29 is 13.2 Å². The van der Waals surface area contributed by atoms with E-state index in [2.05, 4.69) is 17.1 Å². The number of hydrogen-bond acceptors (Lipinski definition) is 4. The second kappa shape index (κ2) is 8.97. The molecule has 1 aliphatic rings. The van der Waals surface area contributed by atoms with Gasteiger partial charge >= 0.3 is 0 Å². The van der Waals surface area contributed by atoms with Crippen LogP contribution in [0.15, 0.2) is 23.1 Å². The first-order chi connectivity index (χ1) is 12.3. The van der Waals surface area contributed by atoms with Crippen LogP contribution in [0.4, 0.5) is 5.69 Å². The molecular weight excluding hydrogens is 350 g/mol. The van der Waals surface area contributed by atoms with Crippen LogP contribution in [0.1, 0.15) is 39.2 Å². The number of nitrogens with zero attached hydrogens (tertiary/aromatic N) is 2. The maximum atomic E-state index is 12.7. The summed E-state index contributed by atoms with van der Waals surface area (Å²) in [5.41, 5.74) is 1.41. The number of rotatable bonds is 7. The van der Waals surface area contributed by atoms with Crippen molar-refractivity contribution in [1.29, 1.82) is 0 Å². The minimum atomic E-state index is -3.54. The Morgan fingerprint density at radius 2 is 1.85 bits per heavy atom. The van der Waals surface area contributed by atoms with Crippen LogP contribution < -0.4 is 5.32 Å². The third-order valence-corrected chi connectivity index (χ3v) is 7.12. The summed E-state index contributed by atoms with van der Waals surface area (Å²) in [5, 5.41) is 2.89. The number of benzene rings is 1. The van der Waals surface area contributed by atoms with E-state index in [4.69, 9.17) is 0 Å². The van der Waals surface area contributed by atoms with Crippen molar-refractivity contribution in [1.82, 2.24) is 9.21 Å². The van der Waals surface area contributed by atoms with Gasteiger partial charge in [-0.3, -0.25) is 9.69 Å². The minimum absolute atomic E-state index is 0.0972. The van der Waals surface area contributed by atoms with Gasteiger partial charge in [0.2, 0.25) is 15.9 Å². The molecule has 1 aromatic rings. The lowest BCUT2D eigenvalue weighted by Gasteiger charge is -2.29. The zero-order chi connectivity index (χ0) is 19.3. The molecule has 26 heavy (non-hydrogen) atoms. The van der Waals surface area contributed by atoms with Crippen LogP contribution in [0.25, 0.3) is 0 Å².